The monoisotopic (exact) mass is 349 g/mol. The van der Waals surface area contributed by atoms with Crippen LogP contribution in [0.4, 0.5) is 11.5 Å². The number of hydrogen-bond acceptors (Lipinski definition) is 5. The molecule has 9 heteroatoms. The molecule has 1 amide bonds. The van der Waals surface area contributed by atoms with E-state index in [0.29, 0.717) is 37.6 Å². The Labute approximate surface area is 140 Å². The van der Waals surface area contributed by atoms with Gasteiger partial charge in [0.2, 0.25) is 10.0 Å². The maximum Gasteiger partial charge on any atom is 0.272 e. The highest BCUT2D eigenvalue weighted by Crippen LogP contribution is 2.17. The Morgan fingerprint density at radius 2 is 1.96 bits per heavy atom. The quantitative estimate of drug-likeness (QED) is 0.848. The highest BCUT2D eigenvalue weighted by molar-refractivity contribution is 7.88. The molecule has 0 spiro atoms. The van der Waals surface area contributed by atoms with E-state index in [0.717, 1.165) is 5.82 Å². The average molecular weight is 349 g/mol. The molecule has 0 saturated carbocycles. The van der Waals surface area contributed by atoms with Crippen LogP contribution in [0.25, 0.3) is 0 Å². The highest BCUT2D eigenvalue weighted by atomic mass is 32.2. The first-order valence-electron chi connectivity index (χ1n) is 7.54. The molecule has 0 atom stereocenters. The number of nitrogens with one attached hydrogen (secondary N) is 2. The molecule has 3 rings (SSSR count). The maximum atomic E-state index is 11.9. The summed E-state index contributed by atoms with van der Waals surface area (Å²) in [7, 11) is -3.14. The van der Waals surface area contributed by atoms with Gasteiger partial charge in [-0.15, -0.1) is 0 Å². The van der Waals surface area contributed by atoms with Crippen LogP contribution in [0.2, 0.25) is 0 Å². The molecular weight excluding hydrogens is 330 g/mol. The fourth-order valence-corrected chi connectivity index (χ4v) is 3.39. The predicted octanol–water partition coefficient (Wildman–Crippen LogP) is 0.744. The van der Waals surface area contributed by atoms with Crippen molar-refractivity contribution in [2.75, 3.05) is 42.7 Å². The molecule has 1 saturated heterocycles. The molecule has 0 aliphatic carbocycles. The Bertz CT molecular complexity index is 794. The van der Waals surface area contributed by atoms with Gasteiger partial charge in [0.25, 0.3) is 5.91 Å². The van der Waals surface area contributed by atoms with Gasteiger partial charge in [0.15, 0.2) is 0 Å². The lowest BCUT2D eigenvalue weighted by Crippen LogP contribution is -2.48. The molecule has 128 valence electrons. The first-order chi connectivity index (χ1) is 11.4. The highest BCUT2D eigenvalue weighted by Gasteiger charge is 2.23. The molecule has 1 aliphatic rings. The zero-order valence-corrected chi connectivity index (χ0v) is 14.1. The van der Waals surface area contributed by atoms with Gasteiger partial charge in [-0.2, -0.15) is 4.31 Å². The number of anilines is 2. The lowest BCUT2D eigenvalue weighted by molar-refractivity contribution is 0.102. The standard InChI is InChI=1S/C15H19N5O3S/c1-24(22,23)20-9-7-19(8-10-20)14-5-4-12(11-17-14)18-15(21)13-3-2-6-16-13/h2-6,11,16H,7-10H2,1H3,(H,18,21). The molecule has 2 aromatic heterocycles. The molecule has 8 nitrogen and oxygen atoms in total. The topological polar surface area (TPSA) is 98.4 Å². The molecule has 0 unspecified atom stereocenters. The van der Waals surface area contributed by atoms with Gasteiger partial charge in [-0.05, 0) is 24.3 Å². The van der Waals surface area contributed by atoms with Gasteiger partial charge in [-0.25, -0.2) is 13.4 Å². The third-order valence-electron chi connectivity index (χ3n) is 3.88. The SMILES string of the molecule is CS(=O)(=O)N1CCN(c2ccc(NC(=O)c3ccc[nH]3)cn2)CC1. The van der Waals surface area contributed by atoms with Gasteiger partial charge in [0.1, 0.15) is 11.5 Å². The number of nitrogens with zero attached hydrogens (tertiary/aromatic N) is 3. The number of aromatic amines is 1. The Hall–Kier alpha value is -2.39. The molecular formula is C15H19N5O3S. The minimum absolute atomic E-state index is 0.226. The van der Waals surface area contributed by atoms with Crippen molar-refractivity contribution in [3.05, 3.63) is 42.4 Å². The van der Waals surface area contributed by atoms with Crippen LogP contribution >= 0.6 is 0 Å². The summed E-state index contributed by atoms with van der Waals surface area (Å²) in [5.74, 6) is 0.539. The number of sulfonamides is 1. The lowest BCUT2D eigenvalue weighted by atomic mass is 10.3. The van der Waals surface area contributed by atoms with E-state index in [2.05, 4.69) is 15.3 Å². The second-order valence-corrected chi connectivity index (χ2v) is 7.57. The fourth-order valence-electron chi connectivity index (χ4n) is 2.57. The van der Waals surface area contributed by atoms with Crippen LogP contribution in [0.1, 0.15) is 10.5 Å². The Morgan fingerprint density at radius 1 is 1.21 bits per heavy atom. The zero-order valence-electron chi connectivity index (χ0n) is 13.3. The third kappa shape index (κ3) is 3.74. The van der Waals surface area contributed by atoms with E-state index < -0.39 is 10.0 Å². The summed E-state index contributed by atoms with van der Waals surface area (Å²) in [5, 5.41) is 2.76. The number of piperazine rings is 1. The summed E-state index contributed by atoms with van der Waals surface area (Å²) in [6.07, 6.45) is 4.51. The van der Waals surface area contributed by atoms with E-state index in [4.69, 9.17) is 0 Å². The van der Waals surface area contributed by atoms with E-state index in [-0.39, 0.29) is 5.91 Å². The van der Waals surface area contributed by atoms with Crippen LogP contribution in [0.5, 0.6) is 0 Å². The Kier molecular flexibility index (Phi) is 4.54. The minimum Gasteiger partial charge on any atom is -0.357 e. The molecule has 2 N–H and O–H groups in total. The first kappa shape index (κ1) is 16.5. The van der Waals surface area contributed by atoms with Gasteiger partial charge in [-0.1, -0.05) is 0 Å². The molecule has 24 heavy (non-hydrogen) atoms. The third-order valence-corrected chi connectivity index (χ3v) is 5.18. The number of carbonyl (C=O) groups is 1. The maximum absolute atomic E-state index is 11.9. The molecule has 0 aromatic carbocycles. The van der Waals surface area contributed by atoms with Crippen LogP contribution in [0.15, 0.2) is 36.7 Å². The van der Waals surface area contributed by atoms with Crippen molar-refractivity contribution < 1.29 is 13.2 Å². The van der Waals surface area contributed by atoms with Gasteiger partial charge in [-0.3, -0.25) is 4.79 Å². The van der Waals surface area contributed by atoms with E-state index in [9.17, 15) is 13.2 Å². The van der Waals surface area contributed by atoms with Crippen molar-refractivity contribution >= 4 is 27.4 Å². The number of carbonyl (C=O) groups excluding carboxylic acids is 1. The van der Waals surface area contributed by atoms with Gasteiger partial charge in [0.05, 0.1) is 18.1 Å². The average Bonchev–Trinajstić information content (AvgIpc) is 3.09. The zero-order chi connectivity index (χ0) is 17.2. The first-order valence-corrected chi connectivity index (χ1v) is 9.39. The molecule has 0 radical (unpaired) electrons. The summed E-state index contributed by atoms with van der Waals surface area (Å²) in [6, 6.07) is 7.05. The van der Waals surface area contributed by atoms with Crippen LogP contribution in [0, 0.1) is 0 Å². The van der Waals surface area contributed by atoms with E-state index >= 15 is 0 Å². The smallest absolute Gasteiger partial charge is 0.272 e. The van der Waals surface area contributed by atoms with Crippen molar-refractivity contribution in [2.45, 2.75) is 0 Å². The summed E-state index contributed by atoms with van der Waals surface area (Å²) >= 11 is 0. The number of pyridine rings is 1. The predicted molar refractivity (Wildman–Crippen MR) is 91.6 cm³/mol. The molecule has 1 fully saturated rings. The Balaban J connectivity index is 1.60. The number of rotatable bonds is 4. The fraction of sp³-hybridized carbons (Fsp3) is 0.333. The van der Waals surface area contributed by atoms with E-state index in [1.54, 1.807) is 30.6 Å². The summed E-state index contributed by atoms with van der Waals surface area (Å²) in [6.45, 7) is 2.08. The molecule has 2 aromatic rings. The van der Waals surface area contributed by atoms with Gasteiger partial charge < -0.3 is 15.2 Å². The lowest BCUT2D eigenvalue weighted by Gasteiger charge is -2.33. The summed E-state index contributed by atoms with van der Waals surface area (Å²) < 4.78 is 24.5. The number of hydrogen-bond donors (Lipinski definition) is 2. The second kappa shape index (κ2) is 6.62. The van der Waals surface area contributed by atoms with Gasteiger partial charge in [0, 0.05) is 32.4 Å². The molecule has 1 aliphatic heterocycles. The van der Waals surface area contributed by atoms with Crippen LogP contribution < -0.4 is 10.2 Å². The summed E-state index contributed by atoms with van der Waals surface area (Å²) in [4.78, 5) is 21.2. The second-order valence-electron chi connectivity index (χ2n) is 5.59. The number of amides is 1. The van der Waals surface area contributed by atoms with Crippen molar-refractivity contribution in [1.82, 2.24) is 14.3 Å². The van der Waals surface area contributed by atoms with Crippen LogP contribution in [-0.4, -0.2) is 61.0 Å². The van der Waals surface area contributed by atoms with Crippen molar-refractivity contribution in [2.24, 2.45) is 0 Å². The normalized spacial score (nSPS) is 16.1. The largest absolute Gasteiger partial charge is 0.357 e. The summed E-state index contributed by atoms with van der Waals surface area (Å²) in [5.41, 5.74) is 1.09. The van der Waals surface area contributed by atoms with E-state index in [1.165, 1.54) is 10.6 Å². The van der Waals surface area contributed by atoms with E-state index in [1.807, 2.05) is 11.0 Å². The number of aromatic nitrogens is 2. The van der Waals surface area contributed by atoms with Crippen LogP contribution in [0.3, 0.4) is 0 Å². The Morgan fingerprint density at radius 3 is 2.50 bits per heavy atom. The van der Waals surface area contributed by atoms with Crippen molar-refractivity contribution in [3.8, 4) is 0 Å². The minimum atomic E-state index is -3.14. The van der Waals surface area contributed by atoms with Crippen LogP contribution in [-0.2, 0) is 10.0 Å². The molecule has 0 bridgehead atoms. The molecule has 3 heterocycles. The van der Waals surface area contributed by atoms with Crippen molar-refractivity contribution in [3.63, 3.8) is 0 Å². The number of H-pyrrole nitrogens is 1. The van der Waals surface area contributed by atoms with Crippen molar-refractivity contribution in [1.29, 1.82) is 0 Å². The van der Waals surface area contributed by atoms with Gasteiger partial charge >= 0.3 is 0 Å².